The van der Waals surface area contributed by atoms with Crippen LogP contribution in [0.3, 0.4) is 0 Å². The summed E-state index contributed by atoms with van der Waals surface area (Å²) >= 11 is 0. The lowest BCUT2D eigenvalue weighted by Crippen LogP contribution is -2.40. The maximum atomic E-state index is 12.7. The van der Waals surface area contributed by atoms with Crippen LogP contribution in [0, 0.1) is 11.3 Å². The second-order valence-corrected chi connectivity index (χ2v) is 7.78. The first-order valence-corrected chi connectivity index (χ1v) is 9.37. The zero-order valence-electron chi connectivity index (χ0n) is 14.4. The molecule has 1 aliphatic heterocycles. The van der Waals surface area contributed by atoms with Gasteiger partial charge in [0.2, 0.25) is 5.91 Å². The number of hydrogen-bond acceptors (Lipinski definition) is 3. The molecule has 0 radical (unpaired) electrons. The minimum Gasteiger partial charge on any atom is -0.342 e. The van der Waals surface area contributed by atoms with Gasteiger partial charge in [0.05, 0.1) is 11.7 Å². The number of aromatic nitrogens is 3. The number of rotatable bonds is 5. The molecule has 5 nitrogen and oxygen atoms in total. The molecule has 4 rings (SSSR count). The van der Waals surface area contributed by atoms with Crippen molar-refractivity contribution in [1.82, 2.24) is 19.9 Å². The van der Waals surface area contributed by atoms with Crippen LogP contribution < -0.4 is 0 Å². The molecule has 23 heavy (non-hydrogen) atoms. The van der Waals surface area contributed by atoms with Crippen molar-refractivity contribution in [2.24, 2.45) is 11.3 Å². The fourth-order valence-corrected chi connectivity index (χ4v) is 4.33. The monoisotopic (exact) mass is 316 g/mol. The number of likely N-dealkylation sites (tertiary alicyclic amines) is 1. The Kier molecular flexibility index (Phi) is 3.69. The lowest BCUT2D eigenvalue weighted by molar-refractivity contribution is -0.134. The molecule has 0 spiro atoms. The van der Waals surface area contributed by atoms with Crippen LogP contribution in [-0.2, 0) is 4.79 Å². The van der Waals surface area contributed by atoms with Gasteiger partial charge in [0.15, 0.2) is 0 Å². The Bertz CT molecular complexity index is 580. The van der Waals surface area contributed by atoms with Crippen LogP contribution in [0.15, 0.2) is 6.20 Å². The van der Waals surface area contributed by atoms with Crippen molar-refractivity contribution in [3.05, 3.63) is 11.9 Å². The van der Waals surface area contributed by atoms with Crippen molar-refractivity contribution < 1.29 is 4.79 Å². The van der Waals surface area contributed by atoms with E-state index < -0.39 is 0 Å². The Morgan fingerprint density at radius 3 is 2.48 bits per heavy atom. The maximum absolute atomic E-state index is 12.7. The molecule has 2 heterocycles. The van der Waals surface area contributed by atoms with Crippen molar-refractivity contribution in [2.45, 2.75) is 70.8 Å². The van der Waals surface area contributed by atoms with Crippen molar-refractivity contribution in [2.75, 3.05) is 13.1 Å². The summed E-state index contributed by atoms with van der Waals surface area (Å²) in [5.41, 5.74) is 1.48. The number of carbonyl (C=O) groups is 1. The van der Waals surface area contributed by atoms with E-state index in [4.69, 9.17) is 0 Å². The van der Waals surface area contributed by atoms with Crippen LogP contribution >= 0.6 is 0 Å². The zero-order chi connectivity index (χ0) is 16.0. The lowest BCUT2D eigenvalue weighted by Gasteiger charge is -2.32. The standard InChI is InChI=1S/C18H28N4O/c1-3-18(4-2)11-15(18)17(23)21-9-7-14(8-10-21)22-12-16(19-20-22)13-5-6-13/h12-15H,3-11H2,1-2H3/t15-/m0/s1. The molecule has 1 atom stereocenters. The average Bonchev–Trinajstić information content (AvgIpc) is 3.52. The predicted octanol–water partition coefficient (Wildman–Crippen LogP) is 3.15. The molecule has 2 aliphatic carbocycles. The Labute approximate surface area is 138 Å². The topological polar surface area (TPSA) is 51.0 Å². The van der Waals surface area contributed by atoms with Crippen molar-refractivity contribution >= 4 is 5.91 Å². The summed E-state index contributed by atoms with van der Waals surface area (Å²) in [6, 6.07) is 0.417. The van der Waals surface area contributed by atoms with Crippen LogP contribution in [0.4, 0.5) is 0 Å². The normalized spacial score (nSPS) is 27.2. The smallest absolute Gasteiger partial charge is 0.226 e. The first-order valence-electron chi connectivity index (χ1n) is 9.37. The summed E-state index contributed by atoms with van der Waals surface area (Å²) in [6.07, 6.45) is 10.1. The minimum absolute atomic E-state index is 0.293. The van der Waals surface area contributed by atoms with Gasteiger partial charge < -0.3 is 4.90 Å². The quantitative estimate of drug-likeness (QED) is 0.838. The highest BCUT2D eigenvalue weighted by Gasteiger charge is 2.56. The Hall–Kier alpha value is -1.39. The van der Waals surface area contributed by atoms with Crippen LogP contribution in [0.1, 0.15) is 76.4 Å². The van der Waals surface area contributed by atoms with Gasteiger partial charge in [-0.2, -0.15) is 0 Å². The molecule has 1 aromatic rings. The first-order chi connectivity index (χ1) is 11.2. The van der Waals surface area contributed by atoms with Crippen LogP contribution in [-0.4, -0.2) is 38.9 Å². The van der Waals surface area contributed by atoms with Gasteiger partial charge in [0.25, 0.3) is 0 Å². The summed E-state index contributed by atoms with van der Waals surface area (Å²) in [4.78, 5) is 14.8. The molecule has 0 aromatic carbocycles. The van der Waals surface area contributed by atoms with Gasteiger partial charge in [-0.3, -0.25) is 4.79 Å². The SMILES string of the molecule is CCC1(CC)C[C@H]1C(=O)N1CCC(n2cc(C3CC3)nn2)CC1. The molecule has 0 bridgehead atoms. The molecule has 1 aromatic heterocycles. The number of nitrogens with zero attached hydrogens (tertiary/aromatic N) is 4. The molecule has 2 saturated carbocycles. The van der Waals surface area contributed by atoms with E-state index in [1.807, 2.05) is 0 Å². The van der Waals surface area contributed by atoms with Gasteiger partial charge in [0, 0.05) is 31.1 Å². The zero-order valence-corrected chi connectivity index (χ0v) is 14.4. The highest BCUT2D eigenvalue weighted by molar-refractivity contribution is 5.82. The molecule has 126 valence electrons. The van der Waals surface area contributed by atoms with E-state index in [9.17, 15) is 4.79 Å². The Morgan fingerprint density at radius 2 is 1.91 bits per heavy atom. The summed E-state index contributed by atoms with van der Waals surface area (Å²) in [5, 5.41) is 8.65. The van der Waals surface area contributed by atoms with Crippen LogP contribution in [0.5, 0.6) is 0 Å². The second-order valence-electron chi connectivity index (χ2n) is 7.78. The molecule has 0 unspecified atom stereocenters. The largest absolute Gasteiger partial charge is 0.342 e. The van der Waals surface area contributed by atoms with E-state index in [0.717, 1.165) is 50.9 Å². The highest BCUT2D eigenvalue weighted by Crippen LogP contribution is 2.58. The second kappa shape index (κ2) is 5.60. The maximum Gasteiger partial charge on any atom is 0.226 e. The van der Waals surface area contributed by atoms with E-state index in [-0.39, 0.29) is 0 Å². The van der Waals surface area contributed by atoms with E-state index in [2.05, 4.69) is 39.9 Å². The minimum atomic E-state index is 0.293. The Morgan fingerprint density at radius 1 is 1.22 bits per heavy atom. The number of hydrogen-bond donors (Lipinski definition) is 0. The molecule has 1 amide bonds. The van der Waals surface area contributed by atoms with Gasteiger partial charge in [0.1, 0.15) is 0 Å². The number of carbonyl (C=O) groups excluding carboxylic acids is 1. The summed E-state index contributed by atoms with van der Waals surface area (Å²) in [6.45, 7) is 6.21. The van der Waals surface area contributed by atoms with Gasteiger partial charge >= 0.3 is 0 Å². The molecular formula is C18H28N4O. The van der Waals surface area contributed by atoms with Crippen molar-refractivity contribution in [3.63, 3.8) is 0 Å². The number of piperidine rings is 1. The third-order valence-corrected chi connectivity index (χ3v) is 6.57. The molecular weight excluding hydrogens is 288 g/mol. The van der Waals surface area contributed by atoms with E-state index >= 15 is 0 Å². The highest BCUT2D eigenvalue weighted by atomic mass is 16.2. The molecule has 3 fully saturated rings. The lowest BCUT2D eigenvalue weighted by atomic mass is 9.96. The van der Waals surface area contributed by atoms with Gasteiger partial charge in [-0.05, 0) is 50.4 Å². The summed E-state index contributed by atoms with van der Waals surface area (Å²) in [5.74, 6) is 1.36. The average molecular weight is 316 g/mol. The van der Waals surface area contributed by atoms with Gasteiger partial charge in [-0.15, -0.1) is 5.10 Å². The van der Waals surface area contributed by atoms with E-state index in [1.54, 1.807) is 0 Å². The predicted molar refractivity (Wildman–Crippen MR) is 88.0 cm³/mol. The third kappa shape index (κ3) is 2.68. The van der Waals surface area contributed by atoms with Crippen LogP contribution in [0.25, 0.3) is 0 Å². The van der Waals surface area contributed by atoms with Gasteiger partial charge in [-0.25, -0.2) is 4.68 Å². The fraction of sp³-hybridized carbons (Fsp3) is 0.833. The first kappa shape index (κ1) is 15.2. The van der Waals surface area contributed by atoms with Gasteiger partial charge in [-0.1, -0.05) is 19.1 Å². The van der Waals surface area contributed by atoms with Crippen molar-refractivity contribution in [3.8, 4) is 0 Å². The van der Waals surface area contributed by atoms with Crippen LogP contribution in [0.2, 0.25) is 0 Å². The molecule has 5 heteroatoms. The number of amides is 1. The molecule has 1 saturated heterocycles. The van der Waals surface area contributed by atoms with E-state index in [0.29, 0.717) is 29.2 Å². The Balaban J connectivity index is 1.33. The van der Waals surface area contributed by atoms with E-state index in [1.165, 1.54) is 12.8 Å². The summed E-state index contributed by atoms with van der Waals surface area (Å²) in [7, 11) is 0. The molecule has 3 aliphatic rings. The molecule has 0 N–H and O–H groups in total. The summed E-state index contributed by atoms with van der Waals surface area (Å²) < 4.78 is 2.05. The van der Waals surface area contributed by atoms with Crippen molar-refractivity contribution in [1.29, 1.82) is 0 Å². The fourth-order valence-electron chi connectivity index (χ4n) is 4.33. The third-order valence-electron chi connectivity index (χ3n) is 6.57.